The molecule has 0 atom stereocenters. The summed E-state index contributed by atoms with van der Waals surface area (Å²) in [5, 5.41) is 0.468. The van der Waals surface area contributed by atoms with E-state index in [4.69, 9.17) is 4.74 Å². The van der Waals surface area contributed by atoms with Crippen LogP contribution in [0, 0.1) is 0 Å². The van der Waals surface area contributed by atoms with Crippen LogP contribution in [0.15, 0.2) is 42.7 Å². The smallest absolute Gasteiger partial charge is 0.244 e. The molecular formula is C18H20N4O4S2. The number of methoxy groups -OCH3 is 1. The van der Waals surface area contributed by atoms with Crippen LogP contribution in [0.5, 0.6) is 5.75 Å². The van der Waals surface area contributed by atoms with Crippen LogP contribution in [-0.4, -0.2) is 55.6 Å². The molecule has 148 valence electrons. The summed E-state index contributed by atoms with van der Waals surface area (Å²) in [6.07, 6.45) is 4.37. The lowest BCUT2D eigenvalue weighted by Gasteiger charge is -2.22. The maximum atomic E-state index is 13.0. The number of ether oxygens (including phenoxy) is 1. The van der Waals surface area contributed by atoms with E-state index in [1.165, 1.54) is 23.3 Å². The van der Waals surface area contributed by atoms with Gasteiger partial charge in [-0.2, -0.15) is 4.31 Å². The van der Waals surface area contributed by atoms with Gasteiger partial charge in [0.15, 0.2) is 5.13 Å². The molecule has 3 rings (SSSR count). The number of hydrogen-bond donors (Lipinski definition) is 0. The molecule has 8 nitrogen and oxygen atoms in total. The number of para-hydroxylation sites is 1. The summed E-state index contributed by atoms with van der Waals surface area (Å²) in [7, 11) is -0.550. The molecule has 0 saturated heterocycles. The SMILES string of the molecule is COc1cccc2sc(N(Cc3cccnc3)C(=O)CN(C)S(C)(=O)=O)nc12. The second kappa shape index (κ2) is 8.21. The number of carbonyl (C=O) groups is 1. The van der Waals surface area contributed by atoms with Gasteiger partial charge in [0.25, 0.3) is 0 Å². The lowest BCUT2D eigenvalue weighted by molar-refractivity contribution is -0.118. The van der Waals surface area contributed by atoms with Crippen LogP contribution in [0.1, 0.15) is 5.56 Å². The van der Waals surface area contributed by atoms with E-state index in [-0.39, 0.29) is 19.0 Å². The van der Waals surface area contributed by atoms with Gasteiger partial charge in [-0.05, 0) is 23.8 Å². The third-order valence-corrected chi connectivity index (χ3v) is 6.42. The topological polar surface area (TPSA) is 92.7 Å². The highest BCUT2D eigenvalue weighted by Gasteiger charge is 2.24. The molecule has 2 heterocycles. The van der Waals surface area contributed by atoms with Crippen molar-refractivity contribution in [3.63, 3.8) is 0 Å². The van der Waals surface area contributed by atoms with E-state index in [1.807, 2.05) is 18.2 Å². The number of sulfonamides is 1. The molecule has 0 saturated carbocycles. The summed E-state index contributed by atoms with van der Waals surface area (Å²) >= 11 is 1.34. The van der Waals surface area contributed by atoms with Gasteiger partial charge >= 0.3 is 0 Å². The molecule has 1 aromatic carbocycles. The summed E-state index contributed by atoms with van der Waals surface area (Å²) in [5.74, 6) is 0.233. The minimum atomic E-state index is -3.49. The number of pyridine rings is 1. The van der Waals surface area contributed by atoms with Crippen molar-refractivity contribution in [2.24, 2.45) is 0 Å². The first-order valence-corrected chi connectivity index (χ1v) is 11.0. The molecule has 1 amide bonds. The second-order valence-electron chi connectivity index (χ2n) is 6.16. The number of anilines is 1. The Morgan fingerprint density at radius 2 is 2.04 bits per heavy atom. The van der Waals surface area contributed by atoms with E-state index in [0.717, 1.165) is 20.8 Å². The van der Waals surface area contributed by atoms with Crippen molar-refractivity contribution in [1.82, 2.24) is 14.3 Å². The van der Waals surface area contributed by atoms with Crippen LogP contribution in [0.4, 0.5) is 5.13 Å². The van der Waals surface area contributed by atoms with E-state index >= 15 is 0 Å². The van der Waals surface area contributed by atoms with Gasteiger partial charge in [-0.3, -0.25) is 14.7 Å². The predicted molar refractivity (Wildman–Crippen MR) is 109 cm³/mol. The van der Waals surface area contributed by atoms with Gasteiger partial charge in [0, 0.05) is 19.4 Å². The van der Waals surface area contributed by atoms with Gasteiger partial charge in [-0.25, -0.2) is 13.4 Å². The molecule has 0 radical (unpaired) electrons. The lowest BCUT2D eigenvalue weighted by atomic mass is 10.2. The summed E-state index contributed by atoms with van der Waals surface area (Å²) in [6.45, 7) is -0.0570. The largest absolute Gasteiger partial charge is 0.494 e. The highest BCUT2D eigenvalue weighted by atomic mass is 32.2. The van der Waals surface area contributed by atoms with Gasteiger partial charge in [-0.1, -0.05) is 23.5 Å². The van der Waals surface area contributed by atoms with Crippen molar-refractivity contribution in [1.29, 1.82) is 0 Å². The number of amides is 1. The van der Waals surface area contributed by atoms with Gasteiger partial charge in [0.2, 0.25) is 15.9 Å². The number of aromatic nitrogens is 2. The summed E-state index contributed by atoms with van der Waals surface area (Å²) in [5.41, 5.74) is 1.47. The standard InChI is InChI=1S/C18H20N4O4S2/c1-21(28(3,24)25)12-16(23)22(11-13-6-5-9-19-10-13)18-20-17-14(26-2)7-4-8-15(17)27-18/h4-10H,11-12H2,1-3H3. The Morgan fingerprint density at radius 1 is 1.25 bits per heavy atom. The number of likely N-dealkylation sites (N-methyl/N-ethyl adjacent to an activating group) is 1. The van der Waals surface area contributed by atoms with E-state index in [9.17, 15) is 13.2 Å². The van der Waals surface area contributed by atoms with Crippen molar-refractivity contribution in [3.8, 4) is 5.75 Å². The number of nitrogens with zero attached hydrogens (tertiary/aromatic N) is 4. The number of hydrogen-bond acceptors (Lipinski definition) is 7. The minimum Gasteiger partial charge on any atom is -0.494 e. The average Bonchev–Trinajstić information content (AvgIpc) is 3.09. The molecule has 0 aliphatic rings. The molecule has 3 aromatic rings. The predicted octanol–water partition coefficient (Wildman–Crippen LogP) is 2.12. The van der Waals surface area contributed by atoms with Crippen LogP contribution in [0.2, 0.25) is 0 Å². The van der Waals surface area contributed by atoms with Crippen molar-refractivity contribution < 1.29 is 17.9 Å². The van der Waals surface area contributed by atoms with Crippen molar-refractivity contribution in [3.05, 3.63) is 48.3 Å². The Balaban J connectivity index is 1.99. The maximum Gasteiger partial charge on any atom is 0.244 e. The van der Waals surface area contributed by atoms with Gasteiger partial charge in [-0.15, -0.1) is 0 Å². The third kappa shape index (κ3) is 4.46. The molecule has 0 fully saturated rings. The molecule has 0 unspecified atom stereocenters. The van der Waals surface area contributed by atoms with Crippen LogP contribution < -0.4 is 9.64 Å². The average molecular weight is 421 g/mol. The molecule has 0 aliphatic heterocycles. The van der Waals surface area contributed by atoms with E-state index in [0.29, 0.717) is 16.4 Å². The van der Waals surface area contributed by atoms with Crippen LogP contribution in [0.3, 0.4) is 0 Å². The zero-order chi connectivity index (χ0) is 20.3. The molecule has 0 spiro atoms. The third-order valence-electron chi connectivity index (χ3n) is 4.11. The number of carbonyl (C=O) groups excluding carboxylic acids is 1. The summed E-state index contributed by atoms with van der Waals surface area (Å²) in [6, 6.07) is 9.18. The maximum absolute atomic E-state index is 13.0. The van der Waals surface area contributed by atoms with E-state index in [2.05, 4.69) is 9.97 Å². The quantitative estimate of drug-likeness (QED) is 0.581. The van der Waals surface area contributed by atoms with E-state index < -0.39 is 10.0 Å². The molecule has 0 bridgehead atoms. The zero-order valence-corrected chi connectivity index (χ0v) is 17.3. The molecule has 2 aromatic heterocycles. The summed E-state index contributed by atoms with van der Waals surface area (Å²) in [4.78, 5) is 23.1. The van der Waals surface area contributed by atoms with Crippen LogP contribution in [-0.2, 0) is 21.4 Å². The molecule has 10 heteroatoms. The molecule has 0 N–H and O–H groups in total. The fraction of sp³-hybridized carbons (Fsp3) is 0.278. The first-order valence-electron chi connectivity index (χ1n) is 8.33. The number of rotatable bonds is 7. The molecule has 28 heavy (non-hydrogen) atoms. The number of benzene rings is 1. The summed E-state index contributed by atoms with van der Waals surface area (Å²) < 4.78 is 30.7. The van der Waals surface area contributed by atoms with Crippen molar-refractivity contribution in [2.45, 2.75) is 6.54 Å². The Morgan fingerprint density at radius 3 is 2.68 bits per heavy atom. The van der Waals surface area contributed by atoms with Crippen LogP contribution >= 0.6 is 11.3 Å². The van der Waals surface area contributed by atoms with Gasteiger partial charge in [0.1, 0.15) is 11.3 Å². The molecule has 0 aliphatic carbocycles. The van der Waals surface area contributed by atoms with Crippen molar-refractivity contribution in [2.75, 3.05) is 31.9 Å². The first-order chi connectivity index (χ1) is 13.3. The Kier molecular flexibility index (Phi) is 5.92. The first kappa shape index (κ1) is 20.2. The fourth-order valence-electron chi connectivity index (χ4n) is 2.52. The van der Waals surface area contributed by atoms with Crippen molar-refractivity contribution >= 4 is 42.6 Å². The number of fused-ring (bicyclic) bond motifs is 1. The number of thiazole rings is 1. The van der Waals surface area contributed by atoms with Crippen LogP contribution in [0.25, 0.3) is 10.2 Å². The Bertz CT molecular complexity index is 1080. The van der Waals surface area contributed by atoms with Gasteiger partial charge in [0.05, 0.1) is 31.2 Å². The normalized spacial score (nSPS) is 11.7. The Hall–Kier alpha value is -2.56. The van der Waals surface area contributed by atoms with Gasteiger partial charge < -0.3 is 4.74 Å². The minimum absolute atomic E-state index is 0.229. The zero-order valence-electron chi connectivity index (χ0n) is 15.7. The molecular weight excluding hydrogens is 400 g/mol. The monoisotopic (exact) mass is 420 g/mol. The highest BCUT2D eigenvalue weighted by molar-refractivity contribution is 7.88. The fourth-order valence-corrected chi connectivity index (χ4v) is 3.87. The Labute approximate surface area is 167 Å². The van der Waals surface area contributed by atoms with E-state index in [1.54, 1.807) is 31.6 Å². The second-order valence-corrected chi connectivity index (χ2v) is 9.26. The highest BCUT2D eigenvalue weighted by Crippen LogP contribution is 2.34. The lowest BCUT2D eigenvalue weighted by Crippen LogP contribution is -2.40.